The maximum Gasteiger partial charge on any atom is 0.276 e. The van der Waals surface area contributed by atoms with E-state index < -0.39 is 10.2 Å². The smallest absolute Gasteiger partial charge is 0.276 e. The van der Waals surface area contributed by atoms with E-state index in [0.717, 1.165) is 11.3 Å². The molecule has 3 rings (SSSR count). The number of carbonyl (C=O) groups excluding carboxylic acids is 1. The number of rotatable bonds is 7. The van der Waals surface area contributed by atoms with Crippen LogP contribution < -0.4 is 5.14 Å². The molecular formula is C19H25N3O3S2. The van der Waals surface area contributed by atoms with Crippen molar-refractivity contribution in [3.63, 3.8) is 0 Å². The first-order valence-corrected chi connectivity index (χ1v) is 11.4. The highest BCUT2D eigenvalue weighted by atomic mass is 32.2. The van der Waals surface area contributed by atoms with Crippen molar-refractivity contribution >= 4 is 27.5 Å². The van der Waals surface area contributed by atoms with Crippen LogP contribution in [-0.4, -0.2) is 43.2 Å². The average molecular weight is 408 g/mol. The molecule has 0 spiro atoms. The Morgan fingerprint density at radius 3 is 2.44 bits per heavy atom. The summed E-state index contributed by atoms with van der Waals surface area (Å²) in [5.41, 5.74) is 1.20. The minimum absolute atomic E-state index is 0.105. The Balaban J connectivity index is 1.65. The molecule has 1 aromatic carbocycles. The molecule has 2 N–H and O–H groups in total. The van der Waals surface area contributed by atoms with Gasteiger partial charge in [-0.25, -0.2) is 5.14 Å². The van der Waals surface area contributed by atoms with Crippen molar-refractivity contribution in [2.24, 2.45) is 11.1 Å². The first kappa shape index (κ1) is 20.0. The number of benzene rings is 1. The van der Waals surface area contributed by atoms with Gasteiger partial charge in [0.05, 0.1) is 6.54 Å². The molecule has 1 aliphatic heterocycles. The number of nitrogens with zero attached hydrogens (tertiary/aromatic N) is 2. The van der Waals surface area contributed by atoms with Crippen molar-refractivity contribution in [2.75, 3.05) is 19.6 Å². The molecule has 2 aromatic rings. The molecule has 8 heteroatoms. The Bertz CT molecular complexity index is 830. The first-order valence-electron chi connectivity index (χ1n) is 9.06. The zero-order valence-corrected chi connectivity index (χ0v) is 16.8. The largest absolute Gasteiger partial charge is 0.337 e. The second-order valence-corrected chi connectivity index (χ2v) is 9.37. The van der Waals surface area contributed by atoms with Crippen LogP contribution in [0.5, 0.6) is 0 Å². The molecule has 6 nitrogen and oxygen atoms in total. The van der Waals surface area contributed by atoms with E-state index in [4.69, 9.17) is 5.14 Å². The molecule has 0 radical (unpaired) electrons. The predicted octanol–water partition coefficient (Wildman–Crippen LogP) is 2.23. The summed E-state index contributed by atoms with van der Waals surface area (Å²) in [6, 6.07) is 14.2. The number of thiophene rings is 1. The van der Waals surface area contributed by atoms with Gasteiger partial charge in [0, 0.05) is 30.4 Å². The Morgan fingerprint density at radius 1 is 1.15 bits per heavy atom. The summed E-state index contributed by atoms with van der Waals surface area (Å²) in [4.78, 5) is 16.2. The molecule has 0 saturated carbocycles. The van der Waals surface area contributed by atoms with E-state index in [-0.39, 0.29) is 11.8 Å². The number of hydrogen-bond acceptors (Lipinski definition) is 4. The quantitative estimate of drug-likeness (QED) is 0.764. The van der Waals surface area contributed by atoms with Gasteiger partial charge in [-0.05, 0) is 36.3 Å². The highest BCUT2D eigenvalue weighted by Crippen LogP contribution is 2.23. The summed E-state index contributed by atoms with van der Waals surface area (Å²) < 4.78 is 24.2. The van der Waals surface area contributed by atoms with Crippen molar-refractivity contribution in [3.05, 3.63) is 58.3 Å². The summed E-state index contributed by atoms with van der Waals surface area (Å²) >= 11 is 1.64. The molecule has 1 fully saturated rings. The van der Waals surface area contributed by atoms with Crippen molar-refractivity contribution in [2.45, 2.75) is 25.8 Å². The maximum atomic E-state index is 13.1. The van der Waals surface area contributed by atoms with E-state index in [2.05, 4.69) is 12.1 Å². The predicted molar refractivity (Wildman–Crippen MR) is 107 cm³/mol. The van der Waals surface area contributed by atoms with Gasteiger partial charge in [-0.3, -0.25) is 4.79 Å². The standard InChI is InChI=1S/C19H25N3O3S2/c20-27(24,25)22-12-9-17(10-13-22)19(23)21(15-18-7-4-14-26-18)11-8-16-5-2-1-3-6-16/h1-7,14,17H,8-13,15H2,(H2,20,24,25). The second-order valence-electron chi connectivity index (χ2n) is 6.79. The highest BCUT2D eigenvalue weighted by Gasteiger charge is 2.31. The Labute approximate surface area is 164 Å². The number of amides is 1. The van der Waals surface area contributed by atoms with Crippen LogP contribution in [0.2, 0.25) is 0 Å². The molecule has 2 heterocycles. The van der Waals surface area contributed by atoms with E-state index in [1.165, 1.54) is 9.87 Å². The van der Waals surface area contributed by atoms with Crippen LogP contribution in [0.3, 0.4) is 0 Å². The Hall–Kier alpha value is -1.74. The van der Waals surface area contributed by atoms with E-state index in [1.807, 2.05) is 40.6 Å². The zero-order chi connectivity index (χ0) is 19.3. The molecule has 0 aliphatic carbocycles. The summed E-state index contributed by atoms with van der Waals surface area (Å²) in [6.45, 7) is 1.86. The van der Waals surface area contributed by atoms with Crippen molar-refractivity contribution < 1.29 is 13.2 Å². The van der Waals surface area contributed by atoms with Gasteiger partial charge < -0.3 is 4.90 Å². The van der Waals surface area contributed by atoms with Gasteiger partial charge in [-0.2, -0.15) is 12.7 Å². The van der Waals surface area contributed by atoms with Crippen LogP contribution in [0.1, 0.15) is 23.3 Å². The SMILES string of the molecule is NS(=O)(=O)N1CCC(C(=O)N(CCc2ccccc2)Cc2cccs2)CC1. The summed E-state index contributed by atoms with van der Waals surface area (Å²) in [7, 11) is -3.67. The van der Waals surface area contributed by atoms with Crippen molar-refractivity contribution in [1.29, 1.82) is 0 Å². The molecule has 0 bridgehead atoms. The van der Waals surface area contributed by atoms with Gasteiger partial charge in [0.1, 0.15) is 0 Å². The third kappa shape index (κ3) is 5.62. The molecule has 0 atom stereocenters. The normalized spacial score (nSPS) is 16.3. The Morgan fingerprint density at radius 2 is 1.85 bits per heavy atom. The zero-order valence-electron chi connectivity index (χ0n) is 15.2. The van der Waals surface area contributed by atoms with Gasteiger partial charge in [0.25, 0.3) is 10.2 Å². The first-order chi connectivity index (χ1) is 12.9. The van der Waals surface area contributed by atoms with Crippen molar-refractivity contribution in [1.82, 2.24) is 9.21 Å². The highest BCUT2D eigenvalue weighted by molar-refractivity contribution is 7.86. The van der Waals surface area contributed by atoms with E-state index >= 15 is 0 Å². The molecule has 1 aliphatic rings. The second kappa shape index (κ2) is 8.97. The minimum atomic E-state index is -3.67. The molecular weight excluding hydrogens is 382 g/mol. The van der Waals surface area contributed by atoms with Crippen LogP contribution in [0.15, 0.2) is 47.8 Å². The van der Waals surface area contributed by atoms with Gasteiger partial charge in [-0.15, -0.1) is 11.3 Å². The third-order valence-electron chi connectivity index (χ3n) is 4.91. The average Bonchev–Trinajstić information content (AvgIpc) is 3.18. The minimum Gasteiger partial charge on any atom is -0.337 e. The molecule has 1 amide bonds. The number of piperidine rings is 1. The lowest BCUT2D eigenvalue weighted by Crippen LogP contribution is -2.46. The third-order valence-corrected chi connectivity index (χ3v) is 6.86. The molecule has 146 valence electrons. The molecule has 1 aromatic heterocycles. The summed E-state index contributed by atoms with van der Waals surface area (Å²) in [5, 5.41) is 7.21. The monoisotopic (exact) mass is 407 g/mol. The molecule has 27 heavy (non-hydrogen) atoms. The Kier molecular flexibility index (Phi) is 6.64. The molecule has 0 unspecified atom stereocenters. The van der Waals surface area contributed by atoms with E-state index in [9.17, 15) is 13.2 Å². The van der Waals surface area contributed by atoms with Gasteiger partial charge >= 0.3 is 0 Å². The van der Waals surface area contributed by atoms with Crippen LogP contribution >= 0.6 is 11.3 Å². The molecule has 1 saturated heterocycles. The van der Waals surface area contributed by atoms with Gasteiger partial charge in [0.2, 0.25) is 5.91 Å². The lowest BCUT2D eigenvalue weighted by molar-refractivity contribution is -0.137. The van der Waals surface area contributed by atoms with Crippen molar-refractivity contribution in [3.8, 4) is 0 Å². The van der Waals surface area contributed by atoms with Crippen LogP contribution in [0.25, 0.3) is 0 Å². The lowest BCUT2D eigenvalue weighted by Gasteiger charge is -2.33. The van der Waals surface area contributed by atoms with Crippen LogP contribution in [0.4, 0.5) is 0 Å². The number of hydrogen-bond donors (Lipinski definition) is 1. The number of nitrogens with two attached hydrogens (primary N) is 1. The van der Waals surface area contributed by atoms with E-state index in [0.29, 0.717) is 39.0 Å². The van der Waals surface area contributed by atoms with Crippen LogP contribution in [-0.2, 0) is 28.0 Å². The topological polar surface area (TPSA) is 83.7 Å². The van der Waals surface area contributed by atoms with Crippen LogP contribution in [0, 0.1) is 5.92 Å². The fourth-order valence-electron chi connectivity index (χ4n) is 3.38. The fourth-order valence-corrected chi connectivity index (χ4v) is 4.82. The fraction of sp³-hybridized carbons (Fsp3) is 0.421. The summed E-state index contributed by atoms with van der Waals surface area (Å²) in [5.74, 6) is -0.0489. The van der Waals surface area contributed by atoms with Gasteiger partial charge in [-0.1, -0.05) is 36.4 Å². The lowest BCUT2D eigenvalue weighted by atomic mass is 9.96. The number of carbonyl (C=O) groups is 1. The maximum absolute atomic E-state index is 13.1. The summed E-state index contributed by atoms with van der Waals surface area (Å²) in [6.07, 6.45) is 1.83. The van der Waals surface area contributed by atoms with Gasteiger partial charge in [0.15, 0.2) is 0 Å². The van der Waals surface area contributed by atoms with E-state index in [1.54, 1.807) is 11.3 Å².